The van der Waals surface area contributed by atoms with E-state index < -0.39 is 29.9 Å². The maximum Gasteiger partial charge on any atom is 0.422 e. The minimum absolute atomic E-state index is 0.0580. The number of nitrogens with zero attached hydrogens (tertiary/aromatic N) is 3. The number of carbonyl (C=O) groups is 1. The number of amides is 1. The molecule has 0 fully saturated rings. The molecule has 30 heavy (non-hydrogen) atoms. The van der Waals surface area contributed by atoms with Crippen LogP contribution in [-0.2, 0) is 20.6 Å². The van der Waals surface area contributed by atoms with Crippen molar-refractivity contribution in [2.24, 2.45) is 14.1 Å². The van der Waals surface area contributed by atoms with Crippen molar-refractivity contribution in [3.05, 3.63) is 68.5 Å². The van der Waals surface area contributed by atoms with E-state index in [9.17, 15) is 27.6 Å². The van der Waals surface area contributed by atoms with Gasteiger partial charge >= 0.3 is 11.9 Å². The number of ether oxygens (including phenoxy) is 1. The molecule has 3 aromatic rings. The molecule has 1 amide bonds. The van der Waals surface area contributed by atoms with Crippen molar-refractivity contribution < 1.29 is 22.7 Å². The molecular formula is C19H17F3N4O4. The Morgan fingerprint density at radius 1 is 1.13 bits per heavy atom. The van der Waals surface area contributed by atoms with Gasteiger partial charge in [0.25, 0.3) is 11.5 Å². The summed E-state index contributed by atoms with van der Waals surface area (Å²) >= 11 is 0. The molecule has 0 bridgehead atoms. The van der Waals surface area contributed by atoms with Crippen molar-refractivity contribution in [2.45, 2.75) is 12.7 Å². The average Bonchev–Trinajstić information content (AvgIpc) is 2.72. The first kappa shape index (κ1) is 21.1. The number of carbonyl (C=O) groups excluding carboxylic acids is 1. The summed E-state index contributed by atoms with van der Waals surface area (Å²) in [5.41, 5.74) is -0.170. The molecule has 0 saturated heterocycles. The lowest BCUT2D eigenvalue weighted by atomic mass is 10.2. The van der Waals surface area contributed by atoms with E-state index in [1.165, 1.54) is 55.2 Å². The molecule has 3 rings (SSSR count). The van der Waals surface area contributed by atoms with Crippen LogP contribution in [0.2, 0.25) is 0 Å². The molecular weight excluding hydrogens is 405 g/mol. The molecule has 0 atom stereocenters. The maximum absolute atomic E-state index is 12.4. The Labute approximate surface area is 167 Å². The van der Waals surface area contributed by atoms with Crippen LogP contribution >= 0.6 is 0 Å². The summed E-state index contributed by atoms with van der Waals surface area (Å²) in [7, 11) is 2.80. The van der Waals surface area contributed by atoms with E-state index in [0.717, 1.165) is 4.57 Å². The third-order valence-electron chi connectivity index (χ3n) is 4.33. The number of pyridine rings is 1. The molecule has 0 spiro atoms. The summed E-state index contributed by atoms with van der Waals surface area (Å²) in [6.07, 6.45) is -3.17. The van der Waals surface area contributed by atoms with E-state index >= 15 is 0 Å². The van der Waals surface area contributed by atoms with Crippen molar-refractivity contribution in [1.82, 2.24) is 19.4 Å². The van der Waals surface area contributed by atoms with Crippen LogP contribution in [0.1, 0.15) is 15.9 Å². The summed E-state index contributed by atoms with van der Waals surface area (Å²) < 4.78 is 43.2. The zero-order valence-electron chi connectivity index (χ0n) is 16.0. The minimum Gasteiger partial charge on any atom is -0.484 e. The number of aryl methyl sites for hydroxylation is 1. The van der Waals surface area contributed by atoms with Gasteiger partial charge < -0.3 is 10.1 Å². The molecule has 0 unspecified atom stereocenters. The van der Waals surface area contributed by atoms with Crippen molar-refractivity contribution >= 4 is 16.9 Å². The second-order valence-electron chi connectivity index (χ2n) is 6.53. The standard InChI is InChI=1S/C19H17F3N4O4/c1-25-15-14(17(28)26(2)18(25)29)7-12(9-23-15)16(27)24-8-11-3-5-13(6-4-11)30-10-19(20,21)22/h3-7,9H,8,10H2,1-2H3,(H,24,27). The quantitative estimate of drug-likeness (QED) is 0.673. The minimum atomic E-state index is -4.42. The predicted octanol–water partition coefficient (Wildman–Crippen LogP) is 1.50. The van der Waals surface area contributed by atoms with Crippen molar-refractivity contribution in [2.75, 3.05) is 6.61 Å². The Hall–Kier alpha value is -3.63. The Morgan fingerprint density at radius 3 is 2.43 bits per heavy atom. The second kappa shape index (κ2) is 8.01. The Morgan fingerprint density at radius 2 is 1.80 bits per heavy atom. The zero-order valence-corrected chi connectivity index (χ0v) is 16.0. The van der Waals surface area contributed by atoms with Crippen LogP contribution in [0, 0.1) is 0 Å². The van der Waals surface area contributed by atoms with E-state index in [-0.39, 0.29) is 28.9 Å². The van der Waals surface area contributed by atoms with Crippen LogP contribution in [0.5, 0.6) is 5.75 Å². The lowest BCUT2D eigenvalue weighted by molar-refractivity contribution is -0.153. The van der Waals surface area contributed by atoms with Crippen LogP contribution in [0.3, 0.4) is 0 Å². The van der Waals surface area contributed by atoms with Crippen molar-refractivity contribution in [3.63, 3.8) is 0 Å². The van der Waals surface area contributed by atoms with E-state index in [2.05, 4.69) is 15.0 Å². The van der Waals surface area contributed by atoms with Gasteiger partial charge in [0.15, 0.2) is 6.61 Å². The van der Waals surface area contributed by atoms with Gasteiger partial charge in [0.2, 0.25) is 0 Å². The molecule has 0 radical (unpaired) electrons. The van der Waals surface area contributed by atoms with E-state index in [4.69, 9.17) is 0 Å². The fourth-order valence-electron chi connectivity index (χ4n) is 2.74. The zero-order chi connectivity index (χ0) is 22.1. The second-order valence-corrected chi connectivity index (χ2v) is 6.53. The highest BCUT2D eigenvalue weighted by Crippen LogP contribution is 2.19. The Kier molecular flexibility index (Phi) is 5.63. The summed E-state index contributed by atoms with van der Waals surface area (Å²) in [5.74, 6) is -0.444. The number of rotatable bonds is 5. The highest BCUT2D eigenvalue weighted by molar-refractivity contribution is 5.96. The summed E-state index contributed by atoms with van der Waals surface area (Å²) in [6, 6.07) is 7.14. The number of fused-ring (bicyclic) bond motifs is 1. The monoisotopic (exact) mass is 422 g/mol. The summed E-state index contributed by atoms with van der Waals surface area (Å²) in [4.78, 5) is 40.7. The van der Waals surface area contributed by atoms with Crippen LogP contribution in [0.25, 0.3) is 11.0 Å². The van der Waals surface area contributed by atoms with Crippen LogP contribution in [0.4, 0.5) is 13.2 Å². The van der Waals surface area contributed by atoms with Gasteiger partial charge in [0.05, 0.1) is 10.9 Å². The molecule has 1 aromatic carbocycles. The Bertz CT molecular complexity index is 1210. The van der Waals surface area contributed by atoms with Crippen LogP contribution in [0.15, 0.2) is 46.1 Å². The Balaban J connectivity index is 1.71. The van der Waals surface area contributed by atoms with Gasteiger partial charge in [-0.05, 0) is 23.8 Å². The van der Waals surface area contributed by atoms with Gasteiger partial charge in [-0.25, -0.2) is 9.78 Å². The fourth-order valence-corrected chi connectivity index (χ4v) is 2.74. The van der Waals surface area contributed by atoms with Crippen molar-refractivity contribution in [3.8, 4) is 5.75 Å². The van der Waals surface area contributed by atoms with Gasteiger partial charge in [0, 0.05) is 26.8 Å². The van der Waals surface area contributed by atoms with Gasteiger partial charge in [-0.2, -0.15) is 13.2 Å². The number of hydrogen-bond acceptors (Lipinski definition) is 5. The predicted molar refractivity (Wildman–Crippen MR) is 101 cm³/mol. The molecule has 1 N–H and O–H groups in total. The highest BCUT2D eigenvalue weighted by Gasteiger charge is 2.28. The van der Waals surface area contributed by atoms with Gasteiger partial charge in [0.1, 0.15) is 11.4 Å². The SMILES string of the molecule is Cn1c(=O)c2cc(C(=O)NCc3ccc(OCC(F)(F)F)cc3)cnc2n(C)c1=O. The molecule has 2 heterocycles. The van der Waals surface area contributed by atoms with Gasteiger partial charge in [-0.3, -0.25) is 18.7 Å². The largest absolute Gasteiger partial charge is 0.484 e. The average molecular weight is 422 g/mol. The van der Waals surface area contributed by atoms with Gasteiger partial charge in [-0.1, -0.05) is 12.1 Å². The number of hydrogen-bond donors (Lipinski definition) is 1. The number of halogens is 3. The van der Waals surface area contributed by atoms with Gasteiger partial charge in [-0.15, -0.1) is 0 Å². The third-order valence-corrected chi connectivity index (χ3v) is 4.33. The first-order chi connectivity index (χ1) is 14.1. The number of alkyl halides is 3. The van der Waals surface area contributed by atoms with E-state index in [1.807, 2.05) is 0 Å². The first-order valence-electron chi connectivity index (χ1n) is 8.69. The lowest BCUT2D eigenvalue weighted by Gasteiger charge is -2.10. The normalized spacial score (nSPS) is 11.5. The van der Waals surface area contributed by atoms with E-state index in [0.29, 0.717) is 5.56 Å². The maximum atomic E-state index is 12.4. The molecule has 2 aromatic heterocycles. The molecule has 11 heteroatoms. The number of aromatic nitrogens is 3. The molecule has 0 aliphatic heterocycles. The summed E-state index contributed by atoms with van der Waals surface area (Å²) in [5, 5.41) is 2.76. The topological polar surface area (TPSA) is 95.2 Å². The first-order valence-corrected chi connectivity index (χ1v) is 8.69. The number of benzene rings is 1. The van der Waals surface area contributed by atoms with E-state index in [1.54, 1.807) is 0 Å². The smallest absolute Gasteiger partial charge is 0.422 e. The fraction of sp³-hybridized carbons (Fsp3) is 0.263. The number of nitrogens with one attached hydrogen (secondary N) is 1. The lowest BCUT2D eigenvalue weighted by Crippen LogP contribution is -2.37. The molecule has 8 nitrogen and oxygen atoms in total. The third kappa shape index (κ3) is 4.50. The highest BCUT2D eigenvalue weighted by atomic mass is 19.4. The molecule has 0 aliphatic rings. The molecule has 158 valence electrons. The molecule has 0 aliphatic carbocycles. The van der Waals surface area contributed by atoms with Crippen LogP contribution < -0.4 is 21.3 Å². The summed E-state index contributed by atoms with van der Waals surface area (Å²) in [6.45, 7) is -1.29. The van der Waals surface area contributed by atoms with Crippen LogP contribution in [-0.4, -0.2) is 32.8 Å². The molecule has 0 saturated carbocycles. The van der Waals surface area contributed by atoms with Crippen molar-refractivity contribution in [1.29, 1.82) is 0 Å².